The van der Waals surface area contributed by atoms with Crippen LogP contribution >= 0.6 is 0 Å². The average molecular weight is 265 g/mol. The van der Waals surface area contributed by atoms with E-state index in [1.165, 1.54) is 39.2 Å². The standard InChI is InChI=1S/C15H23NO3/c1-11(16-10-9-12-5-3-4-6-12)13-7-8-14(19-13)15(17)18-2/h7-8,11-12,16H,3-6,9-10H2,1-2H3. The number of carbonyl (C=O) groups excluding carboxylic acids is 1. The Morgan fingerprint density at radius 2 is 2.21 bits per heavy atom. The molecule has 1 fully saturated rings. The summed E-state index contributed by atoms with van der Waals surface area (Å²) in [5.41, 5.74) is 0. The van der Waals surface area contributed by atoms with Crippen LogP contribution in [0.3, 0.4) is 0 Å². The fourth-order valence-corrected chi connectivity index (χ4v) is 2.70. The monoisotopic (exact) mass is 265 g/mol. The van der Waals surface area contributed by atoms with Crippen LogP contribution in [0.1, 0.15) is 61.4 Å². The Kier molecular flexibility index (Phi) is 5.02. The highest BCUT2D eigenvalue weighted by Gasteiger charge is 2.17. The predicted molar refractivity (Wildman–Crippen MR) is 73.0 cm³/mol. The molecule has 2 rings (SSSR count). The van der Waals surface area contributed by atoms with E-state index >= 15 is 0 Å². The summed E-state index contributed by atoms with van der Waals surface area (Å²) in [6.45, 7) is 3.05. The van der Waals surface area contributed by atoms with Crippen LogP contribution in [-0.4, -0.2) is 19.6 Å². The molecule has 0 spiro atoms. The van der Waals surface area contributed by atoms with Gasteiger partial charge in [-0.3, -0.25) is 0 Å². The van der Waals surface area contributed by atoms with E-state index in [2.05, 4.69) is 17.0 Å². The molecule has 1 aromatic rings. The highest BCUT2D eigenvalue weighted by molar-refractivity contribution is 5.86. The second-order valence-electron chi connectivity index (χ2n) is 5.31. The number of hydrogen-bond acceptors (Lipinski definition) is 4. The smallest absolute Gasteiger partial charge is 0.373 e. The van der Waals surface area contributed by atoms with E-state index in [4.69, 9.17) is 4.42 Å². The SMILES string of the molecule is COC(=O)c1ccc(C(C)NCCC2CCCC2)o1. The van der Waals surface area contributed by atoms with Crippen molar-refractivity contribution in [1.29, 1.82) is 0 Å². The molecule has 1 heterocycles. The van der Waals surface area contributed by atoms with Gasteiger partial charge < -0.3 is 14.5 Å². The van der Waals surface area contributed by atoms with Crippen molar-refractivity contribution in [3.63, 3.8) is 0 Å². The number of esters is 1. The van der Waals surface area contributed by atoms with Crippen molar-refractivity contribution in [3.8, 4) is 0 Å². The van der Waals surface area contributed by atoms with Crippen LogP contribution in [-0.2, 0) is 4.74 Å². The minimum Gasteiger partial charge on any atom is -0.463 e. The third kappa shape index (κ3) is 3.83. The topological polar surface area (TPSA) is 51.5 Å². The fourth-order valence-electron chi connectivity index (χ4n) is 2.70. The van der Waals surface area contributed by atoms with Gasteiger partial charge >= 0.3 is 5.97 Å². The van der Waals surface area contributed by atoms with Gasteiger partial charge in [0.15, 0.2) is 0 Å². The summed E-state index contributed by atoms with van der Waals surface area (Å²) in [4.78, 5) is 11.3. The third-order valence-corrected chi connectivity index (χ3v) is 3.92. The van der Waals surface area contributed by atoms with E-state index in [0.717, 1.165) is 18.2 Å². The zero-order valence-corrected chi connectivity index (χ0v) is 11.8. The van der Waals surface area contributed by atoms with Crippen LogP contribution in [0.15, 0.2) is 16.5 Å². The van der Waals surface area contributed by atoms with Crippen molar-refractivity contribution in [1.82, 2.24) is 5.32 Å². The van der Waals surface area contributed by atoms with Crippen molar-refractivity contribution in [2.75, 3.05) is 13.7 Å². The van der Waals surface area contributed by atoms with Crippen LogP contribution in [0.5, 0.6) is 0 Å². The molecule has 0 aliphatic heterocycles. The first-order chi connectivity index (χ1) is 9.20. The van der Waals surface area contributed by atoms with Crippen LogP contribution in [0.4, 0.5) is 0 Å². The number of hydrogen-bond donors (Lipinski definition) is 1. The number of furan rings is 1. The van der Waals surface area contributed by atoms with E-state index in [9.17, 15) is 4.79 Å². The van der Waals surface area contributed by atoms with Gasteiger partial charge in [-0.05, 0) is 37.9 Å². The van der Waals surface area contributed by atoms with Gasteiger partial charge in [-0.1, -0.05) is 25.7 Å². The molecule has 0 amide bonds. The number of ether oxygens (including phenoxy) is 1. The Morgan fingerprint density at radius 1 is 1.47 bits per heavy atom. The Morgan fingerprint density at radius 3 is 2.89 bits per heavy atom. The van der Waals surface area contributed by atoms with Crippen molar-refractivity contribution >= 4 is 5.97 Å². The van der Waals surface area contributed by atoms with Gasteiger partial charge in [0, 0.05) is 0 Å². The minimum absolute atomic E-state index is 0.125. The van der Waals surface area contributed by atoms with Crippen molar-refractivity contribution in [2.24, 2.45) is 5.92 Å². The zero-order chi connectivity index (χ0) is 13.7. The van der Waals surface area contributed by atoms with E-state index in [1.54, 1.807) is 6.07 Å². The lowest BCUT2D eigenvalue weighted by Gasteiger charge is -2.13. The molecular formula is C15H23NO3. The highest BCUT2D eigenvalue weighted by atomic mass is 16.5. The second-order valence-corrected chi connectivity index (χ2v) is 5.31. The molecule has 1 unspecified atom stereocenters. The number of rotatable bonds is 6. The Labute approximate surface area is 114 Å². The maximum absolute atomic E-state index is 11.3. The van der Waals surface area contributed by atoms with Crippen LogP contribution in [0.2, 0.25) is 0 Å². The molecule has 1 atom stereocenters. The minimum atomic E-state index is -0.426. The molecule has 4 nitrogen and oxygen atoms in total. The van der Waals surface area contributed by atoms with E-state index in [1.807, 2.05) is 6.07 Å². The average Bonchev–Trinajstić information content (AvgIpc) is 3.08. The molecule has 0 bridgehead atoms. The lowest BCUT2D eigenvalue weighted by atomic mass is 10.0. The Bertz CT molecular complexity index is 407. The number of carbonyl (C=O) groups is 1. The van der Waals surface area contributed by atoms with Crippen molar-refractivity contribution < 1.29 is 13.9 Å². The van der Waals surface area contributed by atoms with Crippen molar-refractivity contribution in [2.45, 2.75) is 45.1 Å². The molecule has 1 aliphatic carbocycles. The van der Waals surface area contributed by atoms with Gasteiger partial charge in [-0.25, -0.2) is 4.79 Å². The highest BCUT2D eigenvalue weighted by Crippen LogP contribution is 2.27. The van der Waals surface area contributed by atoms with Crippen molar-refractivity contribution in [3.05, 3.63) is 23.7 Å². The molecule has 1 saturated carbocycles. The molecule has 1 aromatic heterocycles. The maximum Gasteiger partial charge on any atom is 0.373 e. The summed E-state index contributed by atoms with van der Waals surface area (Å²) in [5, 5.41) is 3.45. The zero-order valence-electron chi connectivity index (χ0n) is 11.8. The molecule has 106 valence electrons. The van der Waals surface area contributed by atoms with Gasteiger partial charge in [0.2, 0.25) is 5.76 Å². The van der Waals surface area contributed by atoms with E-state index in [0.29, 0.717) is 0 Å². The summed E-state index contributed by atoms with van der Waals surface area (Å²) in [6, 6.07) is 3.62. The van der Waals surface area contributed by atoms with Gasteiger partial charge in [0.1, 0.15) is 5.76 Å². The molecule has 0 radical (unpaired) electrons. The maximum atomic E-state index is 11.3. The number of methoxy groups -OCH3 is 1. The van der Waals surface area contributed by atoms with Gasteiger partial charge in [0.05, 0.1) is 13.2 Å². The summed E-state index contributed by atoms with van der Waals surface area (Å²) in [6.07, 6.45) is 6.77. The lowest BCUT2D eigenvalue weighted by Crippen LogP contribution is -2.21. The molecule has 1 N–H and O–H groups in total. The first kappa shape index (κ1) is 14.1. The largest absolute Gasteiger partial charge is 0.463 e. The van der Waals surface area contributed by atoms with Crippen LogP contribution < -0.4 is 5.32 Å². The van der Waals surface area contributed by atoms with Gasteiger partial charge in [-0.15, -0.1) is 0 Å². The fraction of sp³-hybridized carbons (Fsp3) is 0.667. The molecule has 0 aromatic carbocycles. The van der Waals surface area contributed by atoms with Crippen LogP contribution in [0.25, 0.3) is 0 Å². The van der Waals surface area contributed by atoms with Gasteiger partial charge in [0.25, 0.3) is 0 Å². The first-order valence-corrected chi connectivity index (χ1v) is 7.12. The lowest BCUT2D eigenvalue weighted by molar-refractivity contribution is 0.0562. The summed E-state index contributed by atoms with van der Waals surface area (Å²) in [5.74, 6) is 1.51. The Balaban J connectivity index is 1.77. The van der Waals surface area contributed by atoms with Crippen LogP contribution in [0, 0.1) is 5.92 Å². The predicted octanol–water partition coefficient (Wildman–Crippen LogP) is 3.30. The molecule has 19 heavy (non-hydrogen) atoms. The third-order valence-electron chi connectivity index (χ3n) is 3.92. The normalized spacial score (nSPS) is 17.6. The summed E-state index contributed by atoms with van der Waals surface area (Å²) >= 11 is 0. The van der Waals surface area contributed by atoms with Gasteiger partial charge in [-0.2, -0.15) is 0 Å². The number of nitrogens with one attached hydrogen (secondary N) is 1. The summed E-state index contributed by atoms with van der Waals surface area (Å²) in [7, 11) is 1.35. The molecule has 4 heteroatoms. The second kappa shape index (κ2) is 6.75. The first-order valence-electron chi connectivity index (χ1n) is 7.12. The van der Waals surface area contributed by atoms with E-state index in [-0.39, 0.29) is 11.8 Å². The Hall–Kier alpha value is -1.29. The quantitative estimate of drug-likeness (QED) is 0.802. The molecule has 1 aliphatic rings. The molecule has 0 saturated heterocycles. The molecular weight excluding hydrogens is 242 g/mol. The summed E-state index contributed by atoms with van der Waals surface area (Å²) < 4.78 is 10.1. The van der Waals surface area contributed by atoms with E-state index < -0.39 is 5.97 Å².